The minimum atomic E-state index is -4.17. The highest BCUT2D eigenvalue weighted by atomic mass is 32.2. The van der Waals surface area contributed by atoms with Gasteiger partial charge < -0.3 is 19.9 Å². The summed E-state index contributed by atoms with van der Waals surface area (Å²) < 4.78 is 38.7. The van der Waals surface area contributed by atoms with Crippen LogP contribution in [0.1, 0.15) is 18.6 Å². The molecule has 3 aromatic rings. The Hall–Kier alpha value is -3.63. The van der Waals surface area contributed by atoms with E-state index in [1.54, 1.807) is 37.3 Å². The van der Waals surface area contributed by atoms with Gasteiger partial charge in [-0.3, -0.25) is 14.1 Å². The van der Waals surface area contributed by atoms with Crippen LogP contribution in [0.25, 0.3) is 0 Å². The lowest BCUT2D eigenvalue weighted by molar-refractivity contribution is -0.114. The molecule has 1 atom stereocenters. The smallest absolute Gasteiger partial charge is 0.264 e. The summed E-state index contributed by atoms with van der Waals surface area (Å²) in [5.74, 6) is 0.0728. The number of aliphatic hydroxyl groups excluding tert-OH is 1. The van der Waals surface area contributed by atoms with Gasteiger partial charge in [0.25, 0.3) is 10.0 Å². The highest BCUT2D eigenvalue weighted by Crippen LogP contribution is 2.32. The van der Waals surface area contributed by atoms with E-state index in [1.807, 2.05) is 0 Å². The highest BCUT2D eigenvalue weighted by molar-refractivity contribution is 7.92. The minimum Gasteiger partial charge on any atom is -0.495 e. The van der Waals surface area contributed by atoms with Crippen LogP contribution in [0.4, 0.5) is 11.4 Å². The monoisotopic (exact) mass is 471 g/mol. The van der Waals surface area contributed by atoms with E-state index in [0.717, 1.165) is 4.31 Å². The quantitative estimate of drug-likeness (QED) is 0.493. The summed E-state index contributed by atoms with van der Waals surface area (Å²) in [4.78, 5) is 16.8. The number of nitrogens with one attached hydrogen (secondary N) is 1. The Morgan fingerprint density at radius 1 is 1.06 bits per heavy atom. The first-order chi connectivity index (χ1) is 15.8. The fourth-order valence-electron chi connectivity index (χ4n) is 3.15. The molecule has 0 fully saturated rings. The maximum absolute atomic E-state index is 13.6. The van der Waals surface area contributed by atoms with Crippen LogP contribution < -0.4 is 19.1 Å². The molecule has 1 amide bonds. The second-order valence-electron chi connectivity index (χ2n) is 7.05. The molecule has 0 radical (unpaired) electrons. The average molecular weight is 472 g/mol. The number of anilines is 2. The van der Waals surface area contributed by atoms with Crippen LogP contribution in [0.5, 0.6) is 11.5 Å². The standard InChI is InChI=1S/C23H25N3O6S/c1-16(27)17-8-10-18(11-9-17)33(29,30)26(20-6-4-5-7-22(20)32-3)15-23(28)25-19-14-24-13-12-21(19)31-2/h4-14,16,27H,15H2,1-3H3,(H,25,28). The Kier molecular flexibility index (Phi) is 7.52. The van der Waals surface area contributed by atoms with Crippen molar-refractivity contribution in [3.05, 3.63) is 72.6 Å². The first-order valence-electron chi connectivity index (χ1n) is 9.99. The van der Waals surface area contributed by atoms with E-state index in [-0.39, 0.29) is 16.3 Å². The van der Waals surface area contributed by atoms with Crippen LogP contribution in [-0.2, 0) is 14.8 Å². The number of nitrogens with zero attached hydrogens (tertiary/aromatic N) is 2. The summed E-state index contributed by atoms with van der Waals surface area (Å²) in [5, 5.41) is 12.4. The van der Waals surface area contributed by atoms with E-state index in [4.69, 9.17) is 9.47 Å². The summed E-state index contributed by atoms with van der Waals surface area (Å²) in [6.45, 7) is 1.06. The van der Waals surface area contributed by atoms with Crippen molar-refractivity contribution >= 4 is 27.3 Å². The summed E-state index contributed by atoms with van der Waals surface area (Å²) in [7, 11) is -1.30. The van der Waals surface area contributed by atoms with Gasteiger partial charge in [0.1, 0.15) is 23.7 Å². The molecule has 2 aromatic carbocycles. The third-order valence-corrected chi connectivity index (χ3v) is 6.64. The van der Waals surface area contributed by atoms with E-state index in [0.29, 0.717) is 17.0 Å². The molecule has 9 nitrogen and oxygen atoms in total. The van der Waals surface area contributed by atoms with Crippen molar-refractivity contribution in [1.29, 1.82) is 0 Å². The molecule has 1 unspecified atom stereocenters. The van der Waals surface area contributed by atoms with Crippen LogP contribution in [-0.4, -0.2) is 45.2 Å². The Bertz CT molecular complexity index is 1210. The number of rotatable bonds is 9. The molecule has 0 spiro atoms. The number of carbonyl (C=O) groups excluding carboxylic acids is 1. The van der Waals surface area contributed by atoms with Gasteiger partial charge in [-0.2, -0.15) is 0 Å². The van der Waals surface area contributed by atoms with E-state index in [9.17, 15) is 18.3 Å². The zero-order valence-electron chi connectivity index (χ0n) is 18.4. The van der Waals surface area contributed by atoms with Gasteiger partial charge in [0, 0.05) is 12.3 Å². The van der Waals surface area contributed by atoms with E-state index >= 15 is 0 Å². The van der Waals surface area contributed by atoms with Crippen LogP contribution in [0.3, 0.4) is 0 Å². The lowest BCUT2D eigenvalue weighted by Gasteiger charge is -2.26. The predicted octanol–water partition coefficient (Wildman–Crippen LogP) is 2.99. The number of pyridine rings is 1. The topological polar surface area (TPSA) is 118 Å². The number of benzene rings is 2. The van der Waals surface area contributed by atoms with Gasteiger partial charge >= 0.3 is 0 Å². The molecule has 2 N–H and O–H groups in total. The van der Waals surface area contributed by atoms with Gasteiger partial charge in [0.15, 0.2) is 0 Å². The zero-order chi connectivity index (χ0) is 24.0. The molecule has 0 aliphatic carbocycles. The van der Waals surface area contributed by atoms with Crippen LogP contribution in [0.2, 0.25) is 0 Å². The molecule has 3 rings (SSSR count). The molecule has 0 saturated carbocycles. The van der Waals surface area contributed by atoms with E-state index in [1.165, 1.54) is 50.9 Å². The third-order valence-electron chi connectivity index (χ3n) is 4.87. The second-order valence-corrected chi connectivity index (χ2v) is 8.91. The van der Waals surface area contributed by atoms with Gasteiger partial charge in [-0.25, -0.2) is 8.42 Å². The third kappa shape index (κ3) is 5.41. The Balaban J connectivity index is 2.00. The predicted molar refractivity (Wildman–Crippen MR) is 124 cm³/mol. The number of sulfonamides is 1. The molecule has 1 heterocycles. The largest absolute Gasteiger partial charge is 0.495 e. The number of ether oxygens (including phenoxy) is 2. The second kappa shape index (κ2) is 10.3. The number of hydrogen-bond acceptors (Lipinski definition) is 7. The first kappa shape index (κ1) is 24.0. The van der Waals surface area contributed by atoms with E-state index in [2.05, 4.69) is 10.3 Å². The van der Waals surface area contributed by atoms with Crippen molar-refractivity contribution in [2.24, 2.45) is 0 Å². The number of carbonyl (C=O) groups is 1. The van der Waals surface area contributed by atoms with Gasteiger partial charge in [-0.15, -0.1) is 0 Å². The molecule has 33 heavy (non-hydrogen) atoms. The van der Waals surface area contributed by atoms with Gasteiger partial charge in [-0.1, -0.05) is 24.3 Å². The zero-order valence-corrected chi connectivity index (χ0v) is 19.2. The van der Waals surface area contributed by atoms with Gasteiger partial charge in [0.05, 0.1) is 37.1 Å². The summed E-state index contributed by atoms with van der Waals surface area (Å²) in [6, 6.07) is 13.9. The molecular formula is C23H25N3O6S. The van der Waals surface area contributed by atoms with Gasteiger partial charge in [0.2, 0.25) is 5.91 Å². The van der Waals surface area contributed by atoms with Crippen LogP contribution in [0, 0.1) is 0 Å². The van der Waals surface area contributed by atoms with Crippen molar-refractivity contribution in [1.82, 2.24) is 4.98 Å². The number of hydrogen-bond donors (Lipinski definition) is 2. The number of para-hydroxylation sites is 2. The fourth-order valence-corrected chi connectivity index (χ4v) is 4.59. The molecule has 0 saturated heterocycles. The Morgan fingerprint density at radius 2 is 1.73 bits per heavy atom. The summed E-state index contributed by atoms with van der Waals surface area (Å²) >= 11 is 0. The highest BCUT2D eigenvalue weighted by Gasteiger charge is 2.29. The number of amides is 1. The lowest BCUT2D eigenvalue weighted by Crippen LogP contribution is -2.38. The fraction of sp³-hybridized carbons (Fsp3) is 0.217. The SMILES string of the molecule is COc1ccncc1NC(=O)CN(c1ccccc1OC)S(=O)(=O)c1ccc(C(C)O)cc1. The maximum Gasteiger partial charge on any atom is 0.264 e. The molecule has 10 heteroatoms. The molecule has 1 aromatic heterocycles. The minimum absolute atomic E-state index is 0.0374. The number of methoxy groups -OCH3 is 2. The van der Waals surface area contributed by atoms with Crippen molar-refractivity contribution in [3.8, 4) is 11.5 Å². The maximum atomic E-state index is 13.6. The van der Waals surface area contributed by atoms with Crippen molar-refractivity contribution in [3.63, 3.8) is 0 Å². The molecule has 0 bridgehead atoms. The van der Waals surface area contributed by atoms with Crippen LogP contribution in [0.15, 0.2) is 71.9 Å². The van der Waals surface area contributed by atoms with Crippen molar-refractivity contribution in [2.75, 3.05) is 30.4 Å². The Morgan fingerprint density at radius 3 is 2.36 bits per heavy atom. The molecule has 0 aliphatic rings. The summed E-state index contributed by atoms with van der Waals surface area (Å²) in [6.07, 6.45) is 2.18. The van der Waals surface area contributed by atoms with Crippen LogP contribution >= 0.6 is 0 Å². The average Bonchev–Trinajstić information content (AvgIpc) is 2.82. The molecule has 174 valence electrons. The van der Waals surface area contributed by atoms with Gasteiger partial charge in [-0.05, 0) is 36.8 Å². The lowest BCUT2D eigenvalue weighted by atomic mass is 10.1. The van der Waals surface area contributed by atoms with Crippen molar-refractivity contribution in [2.45, 2.75) is 17.9 Å². The molecular weight excluding hydrogens is 446 g/mol. The van der Waals surface area contributed by atoms with Crippen molar-refractivity contribution < 1.29 is 27.8 Å². The Labute approximate surface area is 192 Å². The number of aliphatic hydroxyl groups is 1. The normalized spacial score (nSPS) is 12.0. The number of aromatic nitrogens is 1. The summed E-state index contributed by atoms with van der Waals surface area (Å²) in [5.41, 5.74) is 1.08. The van der Waals surface area contributed by atoms with E-state index < -0.39 is 28.6 Å². The molecule has 0 aliphatic heterocycles. The first-order valence-corrected chi connectivity index (χ1v) is 11.4.